The fourth-order valence-electron chi connectivity index (χ4n) is 3.46. The SMILES string of the molecule is COc1ccc(F)cc1C(=O)NCc1cccc(-c2[nH]ncc2-c2ccncc2C)c1. The molecule has 2 aromatic heterocycles. The molecule has 0 aliphatic heterocycles. The van der Waals surface area contributed by atoms with Gasteiger partial charge in [-0.3, -0.25) is 14.9 Å². The molecule has 0 radical (unpaired) electrons. The minimum atomic E-state index is -0.494. The average Bonchev–Trinajstić information content (AvgIpc) is 3.27. The number of carbonyl (C=O) groups is 1. The molecule has 0 saturated heterocycles. The standard InChI is InChI=1S/C24H21FN4O2/c1-15-12-26-9-8-19(15)21-14-28-29-23(21)17-5-3-4-16(10-17)13-27-24(30)20-11-18(25)6-7-22(20)31-2/h3-12,14H,13H2,1-2H3,(H,27,30)(H,28,29). The summed E-state index contributed by atoms with van der Waals surface area (Å²) in [5, 5.41) is 10.1. The number of amides is 1. The molecular formula is C24H21FN4O2. The Labute approximate surface area is 179 Å². The van der Waals surface area contributed by atoms with Crippen LogP contribution in [0.1, 0.15) is 21.5 Å². The van der Waals surface area contributed by atoms with Crippen LogP contribution in [0.2, 0.25) is 0 Å². The van der Waals surface area contributed by atoms with Gasteiger partial charge in [0.2, 0.25) is 0 Å². The molecule has 4 aromatic rings. The van der Waals surface area contributed by atoms with Crippen LogP contribution in [0.15, 0.2) is 67.1 Å². The normalized spacial score (nSPS) is 10.7. The van der Waals surface area contributed by atoms with Gasteiger partial charge in [0, 0.05) is 30.1 Å². The zero-order valence-electron chi connectivity index (χ0n) is 17.1. The Kier molecular flexibility index (Phi) is 5.75. The van der Waals surface area contributed by atoms with Gasteiger partial charge in [-0.25, -0.2) is 4.39 Å². The van der Waals surface area contributed by atoms with E-state index in [4.69, 9.17) is 4.74 Å². The molecule has 0 saturated carbocycles. The molecule has 4 rings (SSSR count). The molecule has 0 unspecified atom stereocenters. The van der Waals surface area contributed by atoms with Gasteiger partial charge in [0.15, 0.2) is 0 Å². The van der Waals surface area contributed by atoms with E-state index in [1.165, 1.54) is 25.3 Å². The lowest BCUT2D eigenvalue weighted by molar-refractivity contribution is 0.0947. The molecule has 0 atom stereocenters. The topological polar surface area (TPSA) is 79.9 Å². The molecule has 1 amide bonds. The summed E-state index contributed by atoms with van der Waals surface area (Å²) in [6.07, 6.45) is 5.37. The summed E-state index contributed by atoms with van der Waals surface area (Å²) >= 11 is 0. The Hall–Kier alpha value is -4.00. The van der Waals surface area contributed by atoms with Crippen LogP contribution >= 0.6 is 0 Å². The number of aromatic nitrogens is 3. The van der Waals surface area contributed by atoms with Crippen LogP contribution in [0.5, 0.6) is 5.75 Å². The molecule has 2 aromatic carbocycles. The van der Waals surface area contributed by atoms with Gasteiger partial charge < -0.3 is 10.1 Å². The van der Waals surface area contributed by atoms with Gasteiger partial charge in [0.05, 0.1) is 24.6 Å². The third-order valence-corrected chi connectivity index (χ3v) is 5.02. The number of aryl methyl sites for hydroxylation is 1. The van der Waals surface area contributed by atoms with Crippen molar-refractivity contribution < 1.29 is 13.9 Å². The van der Waals surface area contributed by atoms with Crippen LogP contribution in [-0.4, -0.2) is 28.2 Å². The van der Waals surface area contributed by atoms with Crippen molar-refractivity contribution in [2.45, 2.75) is 13.5 Å². The second kappa shape index (κ2) is 8.79. The third-order valence-electron chi connectivity index (χ3n) is 5.02. The zero-order chi connectivity index (χ0) is 21.8. The van der Waals surface area contributed by atoms with Crippen LogP contribution in [0.3, 0.4) is 0 Å². The number of nitrogens with zero attached hydrogens (tertiary/aromatic N) is 2. The number of ether oxygens (including phenoxy) is 1. The number of hydrogen-bond donors (Lipinski definition) is 2. The summed E-state index contributed by atoms with van der Waals surface area (Å²) in [5.74, 6) is -0.579. The molecule has 31 heavy (non-hydrogen) atoms. The van der Waals surface area contributed by atoms with Gasteiger partial charge in [0.25, 0.3) is 5.91 Å². The molecule has 0 spiro atoms. The highest BCUT2D eigenvalue weighted by Crippen LogP contribution is 2.32. The maximum Gasteiger partial charge on any atom is 0.255 e. The lowest BCUT2D eigenvalue weighted by Gasteiger charge is -2.11. The van der Waals surface area contributed by atoms with E-state index in [1.54, 1.807) is 12.4 Å². The Morgan fingerprint density at radius 1 is 1.13 bits per heavy atom. The molecule has 0 aliphatic carbocycles. The maximum atomic E-state index is 13.6. The number of rotatable bonds is 6. The fourth-order valence-corrected chi connectivity index (χ4v) is 3.46. The van der Waals surface area contributed by atoms with Gasteiger partial charge in [-0.05, 0) is 53.9 Å². The van der Waals surface area contributed by atoms with E-state index < -0.39 is 11.7 Å². The van der Waals surface area contributed by atoms with Gasteiger partial charge in [-0.1, -0.05) is 18.2 Å². The van der Waals surface area contributed by atoms with Crippen molar-refractivity contribution in [3.63, 3.8) is 0 Å². The summed E-state index contributed by atoms with van der Waals surface area (Å²) < 4.78 is 18.7. The summed E-state index contributed by atoms with van der Waals surface area (Å²) in [7, 11) is 1.44. The van der Waals surface area contributed by atoms with Gasteiger partial charge in [-0.2, -0.15) is 5.10 Å². The van der Waals surface area contributed by atoms with Gasteiger partial charge in [0.1, 0.15) is 11.6 Å². The van der Waals surface area contributed by atoms with Crippen molar-refractivity contribution in [3.05, 3.63) is 89.6 Å². The number of carbonyl (C=O) groups excluding carboxylic acids is 1. The van der Waals surface area contributed by atoms with Crippen LogP contribution in [0, 0.1) is 12.7 Å². The van der Waals surface area contributed by atoms with Crippen molar-refractivity contribution >= 4 is 5.91 Å². The van der Waals surface area contributed by atoms with Gasteiger partial charge in [-0.15, -0.1) is 0 Å². The number of nitrogens with one attached hydrogen (secondary N) is 2. The van der Waals surface area contributed by atoms with E-state index in [0.717, 1.165) is 33.5 Å². The fraction of sp³-hybridized carbons (Fsp3) is 0.125. The highest BCUT2D eigenvalue weighted by Gasteiger charge is 2.15. The lowest BCUT2D eigenvalue weighted by Crippen LogP contribution is -2.23. The first-order valence-electron chi connectivity index (χ1n) is 9.72. The van der Waals surface area contributed by atoms with E-state index in [0.29, 0.717) is 5.75 Å². The Balaban J connectivity index is 1.56. The molecule has 7 heteroatoms. The number of H-pyrrole nitrogens is 1. The molecule has 2 heterocycles. The van der Waals surface area contributed by atoms with Crippen molar-refractivity contribution in [3.8, 4) is 28.1 Å². The van der Waals surface area contributed by atoms with Crippen molar-refractivity contribution in [1.29, 1.82) is 0 Å². The number of pyridine rings is 1. The molecule has 0 bridgehead atoms. The van der Waals surface area contributed by atoms with Gasteiger partial charge >= 0.3 is 0 Å². The summed E-state index contributed by atoms with van der Waals surface area (Å²) in [6.45, 7) is 2.29. The smallest absolute Gasteiger partial charge is 0.255 e. The Morgan fingerprint density at radius 3 is 2.81 bits per heavy atom. The monoisotopic (exact) mass is 416 g/mol. The molecular weight excluding hydrogens is 395 g/mol. The van der Waals surface area contributed by atoms with E-state index in [-0.39, 0.29) is 12.1 Å². The highest BCUT2D eigenvalue weighted by atomic mass is 19.1. The van der Waals surface area contributed by atoms with Crippen molar-refractivity contribution in [2.24, 2.45) is 0 Å². The lowest BCUT2D eigenvalue weighted by atomic mass is 9.98. The van der Waals surface area contributed by atoms with Crippen LogP contribution in [0.25, 0.3) is 22.4 Å². The van der Waals surface area contributed by atoms with E-state index in [2.05, 4.69) is 20.5 Å². The number of benzene rings is 2. The summed E-state index contributed by atoms with van der Waals surface area (Å²) in [6, 6.07) is 13.6. The molecule has 0 fully saturated rings. The third kappa shape index (κ3) is 4.30. The second-order valence-electron chi connectivity index (χ2n) is 7.08. The minimum Gasteiger partial charge on any atom is -0.496 e. The number of hydrogen-bond acceptors (Lipinski definition) is 4. The zero-order valence-corrected chi connectivity index (χ0v) is 17.1. The number of methoxy groups -OCH3 is 1. The average molecular weight is 416 g/mol. The second-order valence-corrected chi connectivity index (χ2v) is 7.08. The molecule has 156 valence electrons. The molecule has 2 N–H and O–H groups in total. The quantitative estimate of drug-likeness (QED) is 0.484. The highest BCUT2D eigenvalue weighted by molar-refractivity contribution is 5.97. The maximum absolute atomic E-state index is 13.6. The van der Waals surface area contributed by atoms with E-state index >= 15 is 0 Å². The minimum absolute atomic E-state index is 0.155. The van der Waals surface area contributed by atoms with Crippen LogP contribution in [0.4, 0.5) is 4.39 Å². The Morgan fingerprint density at radius 2 is 2.00 bits per heavy atom. The number of halogens is 1. The van der Waals surface area contributed by atoms with E-state index in [9.17, 15) is 9.18 Å². The van der Waals surface area contributed by atoms with E-state index in [1.807, 2.05) is 43.5 Å². The first-order chi connectivity index (χ1) is 15.1. The van der Waals surface area contributed by atoms with Crippen molar-refractivity contribution in [2.75, 3.05) is 7.11 Å². The first-order valence-corrected chi connectivity index (χ1v) is 9.72. The van der Waals surface area contributed by atoms with Crippen molar-refractivity contribution in [1.82, 2.24) is 20.5 Å². The number of aromatic amines is 1. The summed E-state index contributed by atoms with van der Waals surface area (Å²) in [4.78, 5) is 16.7. The first kappa shape index (κ1) is 20.3. The molecule has 0 aliphatic rings. The summed E-state index contributed by atoms with van der Waals surface area (Å²) in [5.41, 5.74) is 5.96. The Bertz CT molecular complexity index is 1240. The van der Waals surface area contributed by atoms with Crippen LogP contribution in [-0.2, 0) is 6.54 Å². The van der Waals surface area contributed by atoms with Crippen LogP contribution < -0.4 is 10.1 Å². The predicted octanol–water partition coefficient (Wildman–Crippen LogP) is 4.52. The molecule has 6 nitrogen and oxygen atoms in total. The predicted molar refractivity (Wildman–Crippen MR) is 116 cm³/mol. The largest absolute Gasteiger partial charge is 0.496 e.